The van der Waals surface area contributed by atoms with Gasteiger partial charge < -0.3 is 19.9 Å². The van der Waals surface area contributed by atoms with Gasteiger partial charge in [-0.1, -0.05) is 6.07 Å². The number of hydrogen-bond donors (Lipinski definition) is 2. The molecule has 0 spiro atoms. The summed E-state index contributed by atoms with van der Waals surface area (Å²) in [6.45, 7) is 2.02. The first-order valence-electron chi connectivity index (χ1n) is 6.42. The molecule has 4 nitrogen and oxygen atoms in total. The molecule has 19 heavy (non-hydrogen) atoms. The minimum absolute atomic E-state index is 0.281. The maximum atomic E-state index is 8.66. The molecule has 5 heteroatoms. The Kier molecular flexibility index (Phi) is 8.45. The van der Waals surface area contributed by atoms with Crippen molar-refractivity contribution in [3.63, 3.8) is 0 Å². The zero-order valence-corrected chi connectivity index (χ0v) is 12.5. The molecule has 1 aromatic carbocycles. The fourth-order valence-electron chi connectivity index (χ4n) is 1.63. The highest BCUT2D eigenvalue weighted by Crippen LogP contribution is 2.24. The van der Waals surface area contributed by atoms with E-state index in [2.05, 4.69) is 5.32 Å². The van der Waals surface area contributed by atoms with Crippen molar-refractivity contribution in [1.29, 1.82) is 0 Å². The zero-order chi connectivity index (χ0) is 13.9. The number of aliphatic hydroxyl groups excluding tert-OH is 1. The van der Waals surface area contributed by atoms with Crippen LogP contribution in [-0.2, 0) is 6.54 Å². The summed E-state index contributed by atoms with van der Waals surface area (Å²) in [6.07, 6.45) is 0.872. The van der Waals surface area contributed by atoms with Gasteiger partial charge in [0.25, 0.3) is 0 Å². The van der Waals surface area contributed by atoms with Crippen LogP contribution < -0.4 is 14.8 Å². The fraction of sp³-hybridized carbons (Fsp3) is 0.571. The average Bonchev–Trinajstić information content (AvgIpc) is 2.46. The molecule has 0 aromatic heterocycles. The predicted molar refractivity (Wildman–Crippen MR) is 80.3 cm³/mol. The van der Waals surface area contributed by atoms with Crippen LogP contribution in [0, 0.1) is 0 Å². The van der Waals surface area contributed by atoms with E-state index in [0.717, 1.165) is 48.1 Å². The van der Waals surface area contributed by atoms with E-state index >= 15 is 0 Å². The van der Waals surface area contributed by atoms with Gasteiger partial charge in [-0.05, 0) is 18.2 Å². The molecule has 0 atom stereocenters. The second-order valence-electron chi connectivity index (χ2n) is 4.04. The third-order valence-corrected chi connectivity index (χ3v) is 3.75. The number of rotatable bonds is 10. The summed E-state index contributed by atoms with van der Waals surface area (Å²) in [5, 5.41) is 12.1. The Morgan fingerprint density at radius 3 is 2.74 bits per heavy atom. The van der Waals surface area contributed by atoms with Gasteiger partial charge in [0.1, 0.15) is 11.5 Å². The van der Waals surface area contributed by atoms with Gasteiger partial charge in [-0.25, -0.2) is 0 Å². The number of ether oxygens (including phenoxy) is 2. The van der Waals surface area contributed by atoms with Crippen molar-refractivity contribution in [2.45, 2.75) is 13.0 Å². The third-order valence-electron chi connectivity index (χ3n) is 2.68. The third kappa shape index (κ3) is 6.18. The van der Waals surface area contributed by atoms with Crippen LogP contribution in [-0.4, -0.2) is 44.0 Å². The van der Waals surface area contributed by atoms with Gasteiger partial charge in [-0.2, -0.15) is 11.8 Å². The quantitative estimate of drug-likeness (QED) is 0.643. The molecule has 0 saturated carbocycles. The van der Waals surface area contributed by atoms with E-state index in [0.29, 0.717) is 0 Å². The second kappa shape index (κ2) is 9.95. The van der Waals surface area contributed by atoms with Crippen molar-refractivity contribution in [3.05, 3.63) is 23.8 Å². The van der Waals surface area contributed by atoms with Crippen molar-refractivity contribution >= 4 is 11.8 Å². The average molecular weight is 285 g/mol. The SMILES string of the molecule is COc1ccc(CNCCSCCCO)c(OC)c1. The van der Waals surface area contributed by atoms with E-state index in [1.807, 2.05) is 30.0 Å². The lowest BCUT2D eigenvalue weighted by Crippen LogP contribution is -2.17. The lowest BCUT2D eigenvalue weighted by molar-refractivity contribution is 0.296. The molecule has 0 heterocycles. The van der Waals surface area contributed by atoms with Crippen LogP contribution in [0.25, 0.3) is 0 Å². The van der Waals surface area contributed by atoms with Crippen LogP contribution in [0.3, 0.4) is 0 Å². The molecule has 0 amide bonds. The Labute approximate surface area is 119 Å². The van der Waals surface area contributed by atoms with Crippen molar-refractivity contribution in [2.75, 3.05) is 38.9 Å². The van der Waals surface area contributed by atoms with Crippen LogP contribution in [0.1, 0.15) is 12.0 Å². The molecule has 0 aliphatic rings. The summed E-state index contributed by atoms with van der Waals surface area (Å²) in [4.78, 5) is 0. The molecule has 0 bridgehead atoms. The molecule has 1 rings (SSSR count). The number of thioether (sulfide) groups is 1. The van der Waals surface area contributed by atoms with E-state index < -0.39 is 0 Å². The lowest BCUT2D eigenvalue weighted by Gasteiger charge is -2.11. The molecule has 0 saturated heterocycles. The minimum atomic E-state index is 0.281. The molecular formula is C14H23NO3S. The van der Waals surface area contributed by atoms with Gasteiger partial charge in [0.15, 0.2) is 0 Å². The summed E-state index contributed by atoms with van der Waals surface area (Å²) < 4.78 is 10.5. The first kappa shape index (κ1) is 16.1. The van der Waals surface area contributed by atoms with E-state index in [-0.39, 0.29) is 6.61 Å². The van der Waals surface area contributed by atoms with E-state index in [4.69, 9.17) is 14.6 Å². The van der Waals surface area contributed by atoms with Gasteiger partial charge in [-0.3, -0.25) is 0 Å². The Balaban J connectivity index is 2.28. The molecule has 0 unspecified atom stereocenters. The molecule has 0 fully saturated rings. The van der Waals surface area contributed by atoms with E-state index in [1.54, 1.807) is 14.2 Å². The van der Waals surface area contributed by atoms with Crippen LogP contribution in [0.5, 0.6) is 11.5 Å². The van der Waals surface area contributed by atoms with Gasteiger partial charge in [-0.15, -0.1) is 0 Å². The lowest BCUT2D eigenvalue weighted by atomic mass is 10.2. The monoisotopic (exact) mass is 285 g/mol. The molecule has 0 radical (unpaired) electrons. The number of methoxy groups -OCH3 is 2. The van der Waals surface area contributed by atoms with Crippen molar-refractivity contribution in [3.8, 4) is 11.5 Å². The summed E-state index contributed by atoms with van der Waals surface area (Å²) in [7, 11) is 3.32. The highest BCUT2D eigenvalue weighted by Gasteiger charge is 2.04. The largest absolute Gasteiger partial charge is 0.497 e. The Morgan fingerprint density at radius 2 is 2.05 bits per heavy atom. The van der Waals surface area contributed by atoms with Crippen LogP contribution >= 0.6 is 11.8 Å². The van der Waals surface area contributed by atoms with Gasteiger partial charge in [0, 0.05) is 37.1 Å². The standard InChI is InChI=1S/C14H23NO3S/c1-17-13-5-4-12(14(10-13)18-2)11-15-6-9-19-8-3-7-16/h4-5,10,15-16H,3,6-9,11H2,1-2H3. The zero-order valence-electron chi connectivity index (χ0n) is 11.6. The molecular weight excluding hydrogens is 262 g/mol. The summed E-state index contributed by atoms with van der Waals surface area (Å²) in [5.74, 6) is 3.72. The number of aliphatic hydroxyl groups is 1. The number of nitrogens with one attached hydrogen (secondary N) is 1. The molecule has 0 aliphatic carbocycles. The maximum Gasteiger partial charge on any atom is 0.127 e. The molecule has 2 N–H and O–H groups in total. The van der Waals surface area contributed by atoms with Gasteiger partial charge in [0.2, 0.25) is 0 Å². The van der Waals surface area contributed by atoms with Crippen molar-refractivity contribution in [1.82, 2.24) is 5.32 Å². The number of hydrogen-bond acceptors (Lipinski definition) is 5. The Hall–Kier alpha value is -0.910. The minimum Gasteiger partial charge on any atom is -0.497 e. The second-order valence-corrected chi connectivity index (χ2v) is 5.27. The van der Waals surface area contributed by atoms with Crippen LogP contribution in [0.4, 0.5) is 0 Å². The highest BCUT2D eigenvalue weighted by atomic mass is 32.2. The van der Waals surface area contributed by atoms with Crippen LogP contribution in [0.15, 0.2) is 18.2 Å². The van der Waals surface area contributed by atoms with E-state index in [9.17, 15) is 0 Å². The Morgan fingerprint density at radius 1 is 1.21 bits per heavy atom. The van der Waals surface area contributed by atoms with E-state index in [1.165, 1.54) is 0 Å². The van der Waals surface area contributed by atoms with Gasteiger partial charge >= 0.3 is 0 Å². The first-order valence-corrected chi connectivity index (χ1v) is 7.57. The summed E-state index contributed by atoms with van der Waals surface area (Å²) in [6, 6.07) is 5.85. The Bertz CT molecular complexity index is 361. The normalized spacial score (nSPS) is 10.5. The summed E-state index contributed by atoms with van der Waals surface area (Å²) in [5.41, 5.74) is 1.13. The summed E-state index contributed by atoms with van der Waals surface area (Å²) >= 11 is 1.86. The molecule has 1 aromatic rings. The van der Waals surface area contributed by atoms with Crippen molar-refractivity contribution in [2.24, 2.45) is 0 Å². The van der Waals surface area contributed by atoms with Crippen molar-refractivity contribution < 1.29 is 14.6 Å². The molecule has 0 aliphatic heterocycles. The van der Waals surface area contributed by atoms with Crippen LogP contribution in [0.2, 0.25) is 0 Å². The topological polar surface area (TPSA) is 50.7 Å². The first-order chi connectivity index (χ1) is 9.31. The maximum absolute atomic E-state index is 8.66. The smallest absolute Gasteiger partial charge is 0.127 e. The highest BCUT2D eigenvalue weighted by molar-refractivity contribution is 7.99. The fourth-order valence-corrected chi connectivity index (χ4v) is 2.46. The van der Waals surface area contributed by atoms with Gasteiger partial charge in [0.05, 0.1) is 14.2 Å². The number of benzene rings is 1. The predicted octanol–water partition coefficient (Wildman–Crippen LogP) is 1.91. The molecule has 108 valence electrons.